The van der Waals surface area contributed by atoms with Crippen molar-refractivity contribution in [2.75, 3.05) is 0 Å². The van der Waals surface area contributed by atoms with Crippen molar-refractivity contribution in [1.82, 2.24) is 20.1 Å². The number of thioether (sulfide) groups is 1. The molecule has 3 aromatic rings. The van der Waals surface area contributed by atoms with Gasteiger partial charge in [0.05, 0.1) is 11.5 Å². The number of aromatic nitrogens is 3. The number of nitrogens with one attached hydrogen (secondary N) is 1. The number of nitrogens with zero attached hydrogens (tertiary/aromatic N) is 3. The van der Waals surface area contributed by atoms with Crippen molar-refractivity contribution in [3.63, 3.8) is 0 Å². The number of rotatable bonds is 6. The minimum Gasteiger partial charge on any atom is -0.461 e. The van der Waals surface area contributed by atoms with Crippen LogP contribution in [0.15, 0.2) is 58.3 Å². The monoisotopic (exact) mass is 382 g/mol. The molecule has 1 amide bonds. The quantitative estimate of drug-likeness (QED) is 0.651. The number of hydrogen-bond donors (Lipinski definition) is 1. The van der Waals surface area contributed by atoms with Gasteiger partial charge in [0.15, 0.2) is 10.9 Å². The topological polar surface area (TPSA) is 73.0 Å². The summed E-state index contributed by atoms with van der Waals surface area (Å²) in [4.78, 5) is 12.6. The van der Waals surface area contributed by atoms with Crippen molar-refractivity contribution in [2.45, 2.75) is 49.1 Å². The maximum absolute atomic E-state index is 12.6. The molecular formula is C20H22N4O2S. The zero-order valence-corrected chi connectivity index (χ0v) is 16.0. The van der Waals surface area contributed by atoms with Gasteiger partial charge in [0.2, 0.25) is 11.7 Å². The van der Waals surface area contributed by atoms with E-state index in [9.17, 15) is 4.79 Å². The Morgan fingerprint density at radius 1 is 1.19 bits per heavy atom. The molecule has 1 N–H and O–H groups in total. The molecule has 1 saturated carbocycles. The molecule has 7 heteroatoms. The van der Waals surface area contributed by atoms with E-state index < -0.39 is 0 Å². The average Bonchev–Trinajstić information content (AvgIpc) is 3.44. The summed E-state index contributed by atoms with van der Waals surface area (Å²) in [5.74, 6) is 1.31. The average molecular weight is 382 g/mol. The van der Waals surface area contributed by atoms with Crippen LogP contribution in [0.3, 0.4) is 0 Å². The van der Waals surface area contributed by atoms with Crippen LogP contribution in [0.4, 0.5) is 0 Å². The fourth-order valence-corrected chi connectivity index (χ4v) is 4.20. The Morgan fingerprint density at radius 2 is 1.96 bits per heavy atom. The van der Waals surface area contributed by atoms with Crippen LogP contribution in [-0.4, -0.2) is 32.0 Å². The van der Waals surface area contributed by atoms with Crippen LogP contribution in [0, 0.1) is 0 Å². The van der Waals surface area contributed by atoms with Crippen LogP contribution in [0.2, 0.25) is 0 Å². The van der Waals surface area contributed by atoms with E-state index in [0.29, 0.717) is 22.8 Å². The molecule has 27 heavy (non-hydrogen) atoms. The molecule has 0 bridgehead atoms. The first-order chi connectivity index (χ1) is 13.2. The van der Waals surface area contributed by atoms with Gasteiger partial charge < -0.3 is 9.73 Å². The van der Waals surface area contributed by atoms with Gasteiger partial charge in [-0.2, -0.15) is 0 Å². The lowest BCUT2D eigenvalue weighted by Gasteiger charge is -2.16. The van der Waals surface area contributed by atoms with Crippen molar-refractivity contribution < 1.29 is 9.21 Å². The van der Waals surface area contributed by atoms with Gasteiger partial charge in [-0.25, -0.2) is 0 Å². The number of carbonyl (C=O) groups excluding carboxylic acids is 1. The SMILES string of the molecule is CC(Sc1nnc(-c2ccco2)n1-c1ccccc1)C(=O)NC1CCCC1. The maximum Gasteiger partial charge on any atom is 0.233 e. The van der Waals surface area contributed by atoms with Crippen molar-refractivity contribution in [1.29, 1.82) is 0 Å². The first-order valence-electron chi connectivity index (χ1n) is 9.24. The molecule has 4 rings (SSSR count). The molecule has 6 nitrogen and oxygen atoms in total. The second-order valence-electron chi connectivity index (χ2n) is 6.70. The third-order valence-corrected chi connectivity index (χ3v) is 5.78. The van der Waals surface area contributed by atoms with Crippen LogP contribution < -0.4 is 5.32 Å². The molecule has 140 valence electrons. The molecule has 0 saturated heterocycles. The van der Waals surface area contributed by atoms with Gasteiger partial charge in [0.25, 0.3) is 0 Å². The number of amides is 1. The molecule has 1 aliphatic rings. The zero-order chi connectivity index (χ0) is 18.6. The summed E-state index contributed by atoms with van der Waals surface area (Å²) >= 11 is 1.41. The van der Waals surface area contributed by atoms with E-state index in [1.54, 1.807) is 6.26 Å². The van der Waals surface area contributed by atoms with E-state index in [2.05, 4.69) is 15.5 Å². The summed E-state index contributed by atoms with van der Waals surface area (Å²) < 4.78 is 7.46. The van der Waals surface area contributed by atoms with Gasteiger partial charge in [-0.1, -0.05) is 42.8 Å². The first-order valence-corrected chi connectivity index (χ1v) is 10.1. The molecule has 2 heterocycles. The Balaban J connectivity index is 1.59. The van der Waals surface area contributed by atoms with Crippen molar-refractivity contribution in [3.8, 4) is 17.3 Å². The summed E-state index contributed by atoms with van der Waals surface area (Å²) in [6.45, 7) is 1.91. The largest absolute Gasteiger partial charge is 0.461 e. The Hall–Kier alpha value is -2.54. The van der Waals surface area contributed by atoms with Gasteiger partial charge in [0.1, 0.15) is 0 Å². The zero-order valence-electron chi connectivity index (χ0n) is 15.2. The van der Waals surface area contributed by atoms with Gasteiger partial charge in [-0.3, -0.25) is 9.36 Å². The lowest BCUT2D eigenvalue weighted by atomic mass is 10.2. The van der Waals surface area contributed by atoms with Gasteiger partial charge in [-0.05, 0) is 44.0 Å². The third kappa shape index (κ3) is 3.93. The van der Waals surface area contributed by atoms with Crippen LogP contribution in [0.5, 0.6) is 0 Å². The lowest BCUT2D eigenvalue weighted by molar-refractivity contribution is -0.120. The Bertz CT molecular complexity index is 886. The summed E-state index contributed by atoms with van der Waals surface area (Å²) in [5.41, 5.74) is 0.930. The molecular weight excluding hydrogens is 360 g/mol. The van der Waals surface area contributed by atoms with E-state index in [1.807, 2.05) is 54.0 Å². The molecule has 0 spiro atoms. The van der Waals surface area contributed by atoms with Crippen LogP contribution in [0.25, 0.3) is 17.3 Å². The molecule has 1 aromatic carbocycles. The standard InChI is InChI=1S/C20H22N4O2S/c1-14(19(25)21-15-8-5-6-9-15)27-20-23-22-18(17-12-7-13-26-17)24(20)16-10-3-2-4-11-16/h2-4,7,10-15H,5-6,8-9H2,1H3,(H,21,25). The highest BCUT2D eigenvalue weighted by Gasteiger charge is 2.25. The fraction of sp³-hybridized carbons (Fsp3) is 0.350. The van der Waals surface area contributed by atoms with Gasteiger partial charge >= 0.3 is 0 Å². The summed E-state index contributed by atoms with van der Waals surface area (Å²) in [7, 11) is 0. The Kier molecular flexibility index (Phi) is 5.29. The number of furan rings is 1. The van der Waals surface area contributed by atoms with Crippen LogP contribution in [0.1, 0.15) is 32.6 Å². The fourth-order valence-electron chi connectivity index (χ4n) is 3.32. The normalized spacial score (nSPS) is 15.7. The minimum atomic E-state index is -0.262. The second kappa shape index (κ2) is 8.00. The van der Waals surface area contributed by atoms with Crippen molar-refractivity contribution >= 4 is 17.7 Å². The number of hydrogen-bond acceptors (Lipinski definition) is 5. The predicted molar refractivity (Wildman–Crippen MR) is 105 cm³/mol. The smallest absolute Gasteiger partial charge is 0.233 e. The predicted octanol–water partition coefficient (Wildman–Crippen LogP) is 4.07. The van der Waals surface area contributed by atoms with E-state index in [1.165, 1.54) is 24.6 Å². The highest BCUT2D eigenvalue weighted by Crippen LogP contribution is 2.30. The number of benzene rings is 1. The Morgan fingerprint density at radius 3 is 2.67 bits per heavy atom. The number of para-hydroxylation sites is 1. The molecule has 0 aliphatic heterocycles. The summed E-state index contributed by atoms with van der Waals surface area (Å²) in [6, 6.07) is 13.9. The van der Waals surface area contributed by atoms with Crippen LogP contribution >= 0.6 is 11.8 Å². The summed E-state index contributed by atoms with van der Waals surface area (Å²) in [6.07, 6.45) is 6.16. The molecule has 1 aliphatic carbocycles. The molecule has 1 unspecified atom stereocenters. The third-order valence-electron chi connectivity index (χ3n) is 4.74. The van der Waals surface area contributed by atoms with Crippen molar-refractivity contribution in [2.24, 2.45) is 0 Å². The van der Waals surface area contributed by atoms with Crippen molar-refractivity contribution in [3.05, 3.63) is 48.7 Å². The molecule has 1 atom stereocenters. The Labute approximate surface area is 162 Å². The minimum absolute atomic E-state index is 0.0501. The maximum atomic E-state index is 12.6. The van der Waals surface area contributed by atoms with Crippen LogP contribution in [-0.2, 0) is 4.79 Å². The van der Waals surface area contributed by atoms with E-state index in [-0.39, 0.29) is 11.2 Å². The number of carbonyl (C=O) groups is 1. The molecule has 1 fully saturated rings. The van der Waals surface area contributed by atoms with E-state index in [4.69, 9.17) is 4.42 Å². The second-order valence-corrected chi connectivity index (χ2v) is 8.01. The highest BCUT2D eigenvalue weighted by molar-refractivity contribution is 8.00. The first kappa shape index (κ1) is 17.9. The molecule has 0 radical (unpaired) electrons. The van der Waals surface area contributed by atoms with E-state index in [0.717, 1.165) is 18.5 Å². The van der Waals surface area contributed by atoms with Gasteiger partial charge in [-0.15, -0.1) is 10.2 Å². The lowest BCUT2D eigenvalue weighted by Crippen LogP contribution is -2.37. The highest BCUT2D eigenvalue weighted by atomic mass is 32.2. The molecule has 2 aromatic heterocycles. The van der Waals surface area contributed by atoms with E-state index >= 15 is 0 Å². The summed E-state index contributed by atoms with van der Waals surface area (Å²) in [5, 5.41) is 12.2. The van der Waals surface area contributed by atoms with Gasteiger partial charge in [0, 0.05) is 11.7 Å².